The van der Waals surface area contributed by atoms with E-state index in [0.29, 0.717) is 36.9 Å². The standard InChI is InChI=1S/C21H21ClN4O2S/c22-16-6-4-15(5-7-16)14-25-10-2-11-26-19(21(25)28)13-18(24-26)20(27)23-9-8-17-3-1-12-29-17/h1,3-7,12-13H,2,8-11,14H2,(H,23,27). The highest BCUT2D eigenvalue weighted by atomic mass is 35.5. The predicted molar refractivity (Wildman–Crippen MR) is 113 cm³/mol. The Morgan fingerprint density at radius 2 is 2.03 bits per heavy atom. The second-order valence-corrected chi connectivity index (χ2v) is 8.40. The van der Waals surface area contributed by atoms with Crippen molar-refractivity contribution in [1.82, 2.24) is 20.0 Å². The second kappa shape index (κ2) is 8.80. The number of amides is 2. The van der Waals surface area contributed by atoms with Gasteiger partial charge in [0.15, 0.2) is 5.69 Å². The van der Waals surface area contributed by atoms with Crippen LogP contribution in [0.5, 0.6) is 0 Å². The summed E-state index contributed by atoms with van der Waals surface area (Å²) in [5.41, 5.74) is 1.76. The minimum atomic E-state index is -0.251. The number of benzene rings is 1. The van der Waals surface area contributed by atoms with E-state index in [4.69, 9.17) is 11.6 Å². The molecule has 29 heavy (non-hydrogen) atoms. The summed E-state index contributed by atoms with van der Waals surface area (Å²) < 4.78 is 1.65. The Morgan fingerprint density at radius 1 is 1.21 bits per heavy atom. The minimum Gasteiger partial charge on any atom is -0.350 e. The summed E-state index contributed by atoms with van der Waals surface area (Å²) in [5, 5.41) is 9.95. The van der Waals surface area contributed by atoms with Gasteiger partial charge in [-0.25, -0.2) is 0 Å². The Hall–Kier alpha value is -2.64. The fourth-order valence-electron chi connectivity index (χ4n) is 3.35. The highest BCUT2D eigenvalue weighted by molar-refractivity contribution is 7.09. The number of carbonyl (C=O) groups excluding carboxylic acids is 2. The van der Waals surface area contributed by atoms with Crippen LogP contribution >= 0.6 is 22.9 Å². The van der Waals surface area contributed by atoms with E-state index in [2.05, 4.69) is 10.4 Å². The molecule has 1 aliphatic rings. The van der Waals surface area contributed by atoms with Crippen molar-refractivity contribution >= 4 is 34.8 Å². The zero-order chi connectivity index (χ0) is 20.2. The van der Waals surface area contributed by atoms with E-state index >= 15 is 0 Å². The van der Waals surface area contributed by atoms with E-state index < -0.39 is 0 Å². The van der Waals surface area contributed by atoms with E-state index in [1.54, 1.807) is 27.0 Å². The number of hydrogen-bond donors (Lipinski definition) is 1. The van der Waals surface area contributed by atoms with Crippen molar-refractivity contribution in [3.05, 3.63) is 74.7 Å². The molecule has 0 aliphatic carbocycles. The Bertz CT molecular complexity index is 998. The first-order valence-corrected chi connectivity index (χ1v) is 10.8. The number of nitrogens with zero attached hydrogens (tertiary/aromatic N) is 3. The van der Waals surface area contributed by atoms with Crippen LogP contribution in [-0.4, -0.2) is 39.6 Å². The predicted octanol–water partition coefficient (Wildman–Crippen LogP) is 3.62. The van der Waals surface area contributed by atoms with Crippen molar-refractivity contribution in [1.29, 1.82) is 0 Å². The fourth-order valence-corrected chi connectivity index (χ4v) is 4.19. The number of aromatic nitrogens is 2. The Kier molecular flexibility index (Phi) is 5.97. The van der Waals surface area contributed by atoms with Crippen LogP contribution in [0.2, 0.25) is 5.02 Å². The Balaban J connectivity index is 1.43. The molecule has 4 rings (SSSR count). The molecule has 1 N–H and O–H groups in total. The van der Waals surface area contributed by atoms with Gasteiger partial charge in [0.1, 0.15) is 5.69 Å². The maximum Gasteiger partial charge on any atom is 0.272 e. The first kappa shape index (κ1) is 19.7. The van der Waals surface area contributed by atoms with Gasteiger partial charge in [-0.2, -0.15) is 5.10 Å². The van der Waals surface area contributed by atoms with Crippen molar-refractivity contribution in [3.8, 4) is 0 Å². The zero-order valence-electron chi connectivity index (χ0n) is 15.8. The lowest BCUT2D eigenvalue weighted by molar-refractivity contribution is 0.0745. The van der Waals surface area contributed by atoms with Crippen LogP contribution in [0.1, 0.15) is 37.8 Å². The van der Waals surface area contributed by atoms with Crippen LogP contribution in [0.15, 0.2) is 47.8 Å². The third kappa shape index (κ3) is 4.68. The van der Waals surface area contributed by atoms with E-state index in [-0.39, 0.29) is 17.5 Å². The van der Waals surface area contributed by atoms with Gasteiger partial charge in [-0.1, -0.05) is 29.8 Å². The molecule has 1 aliphatic heterocycles. The molecule has 0 atom stereocenters. The summed E-state index contributed by atoms with van der Waals surface area (Å²) in [4.78, 5) is 28.5. The summed E-state index contributed by atoms with van der Waals surface area (Å²) in [7, 11) is 0. The van der Waals surface area contributed by atoms with Crippen molar-refractivity contribution in [2.45, 2.75) is 25.9 Å². The number of hydrogen-bond acceptors (Lipinski definition) is 4. The summed E-state index contributed by atoms with van der Waals surface area (Å²) >= 11 is 7.61. The van der Waals surface area contributed by atoms with Crippen molar-refractivity contribution in [2.75, 3.05) is 13.1 Å². The highest BCUT2D eigenvalue weighted by Gasteiger charge is 2.26. The molecule has 0 spiro atoms. The quantitative estimate of drug-likeness (QED) is 0.652. The number of halogens is 1. The minimum absolute atomic E-state index is 0.109. The molecule has 3 aromatic rings. The zero-order valence-corrected chi connectivity index (χ0v) is 17.4. The van der Waals surface area contributed by atoms with Crippen LogP contribution in [0.3, 0.4) is 0 Å². The van der Waals surface area contributed by atoms with Gasteiger partial charge in [0, 0.05) is 42.1 Å². The molecule has 0 radical (unpaired) electrons. The van der Waals surface area contributed by atoms with Gasteiger partial charge in [-0.3, -0.25) is 14.3 Å². The summed E-state index contributed by atoms with van der Waals surface area (Å²) in [6.07, 6.45) is 1.57. The molecule has 150 valence electrons. The lowest BCUT2D eigenvalue weighted by Crippen LogP contribution is -2.30. The monoisotopic (exact) mass is 428 g/mol. The first-order chi connectivity index (χ1) is 14.1. The molecule has 1 aromatic carbocycles. The molecular formula is C21H21ClN4O2S. The van der Waals surface area contributed by atoms with Crippen LogP contribution < -0.4 is 5.32 Å². The van der Waals surface area contributed by atoms with Crippen LogP contribution in [0.25, 0.3) is 0 Å². The van der Waals surface area contributed by atoms with Crippen molar-refractivity contribution in [3.63, 3.8) is 0 Å². The van der Waals surface area contributed by atoms with E-state index in [1.807, 2.05) is 41.8 Å². The Morgan fingerprint density at radius 3 is 2.79 bits per heavy atom. The molecule has 0 fully saturated rings. The first-order valence-electron chi connectivity index (χ1n) is 9.52. The van der Waals surface area contributed by atoms with Gasteiger partial charge in [0.2, 0.25) is 0 Å². The molecular weight excluding hydrogens is 408 g/mol. The van der Waals surface area contributed by atoms with Crippen LogP contribution in [0.4, 0.5) is 0 Å². The molecule has 2 amide bonds. The smallest absolute Gasteiger partial charge is 0.272 e. The summed E-state index contributed by atoms with van der Waals surface area (Å²) in [6, 6.07) is 13.1. The number of fused-ring (bicyclic) bond motifs is 1. The molecule has 0 bridgehead atoms. The number of aryl methyl sites for hydroxylation is 1. The van der Waals surface area contributed by atoms with Crippen molar-refractivity contribution in [2.24, 2.45) is 0 Å². The van der Waals surface area contributed by atoms with Crippen molar-refractivity contribution < 1.29 is 9.59 Å². The fraction of sp³-hybridized carbons (Fsp3) is 0.286. The third-order valence-electron chi connectivity index (χ3n) is 4.84. The second-order valence-electron chi connectivity index (χ2n) is 6.93. The SMILES string of the molecule is O=C(NCCc1cccs1)c1cc2n(n1)CCCN(Cc1ccc(Cl)cc1)C2=O. The molecule has 3 heterocycles. The maximum atomic E-state index is 13.0. The summed E-state index contributed by atoms with van der Waals surface area (Å²) in [6.45, 7) is 2.30. The highest BCUT2D eigenvalue weighted by Crippen LogP contribution is 2.18. The van der Waals surface area contributed by atoms with Crippen LogP contribution in [0, 0.1) is 0 Å². The third-order valence-corrected chi connectivity index (χ3v) is 6.03. The largest absolute Gasteiger partial charge is 0.350 e. The van der Waals surface area contributed by atoms with Gasteiger partial charge in [0.25, 0.3) is 11.8 Å². The number of carbonyl (C=O) groups is 2. The Labute approximate surface area is 178 Å². The lowest BCUT2D eigenvalue weighted by atomic mass is 10.2. The number of thiophene rings is 1. The number of nitrogens with one attached hydrogen (secondary N) is 1. The van der Waals surface area contributed by atoms with Gasteiger partial charge >= 0.3 is 0 Å². The molecule has 0 saturated carbocycles. The van der Waals surface area contributed by atoms with Crippen LogP contribution in [-0.2, 0) is 19.5 Å². The number of rotatable bonds is 6. The van der Waals surface area contributed by atoms with Gasteiger partial charge < -0.3 is 10.2 Å². The molecule has 6 nitrogen and oxygen atoms in total. The average Bonchev–Trinajstić information content (AvgIpc) is 3.36. The molecule has 8 heteroatoms. The summed E-state index contributed by atoms with van der Waals surface area (Å²) in [5.74, 6) is -0.359. The normalized spacial score (nSPS) is 13.8. The molecule has 2 aromatic heterocycles. The van der Waals surface area contributed by atoms with Gasteiger partial charge in [-0.05, 0) is 42.0 Å². The van der Waals surface area contributed by atoms with E-state index in [9.17, 15) is 9.59 Å². The topological polar surface area (TPSA) is 67.2 Å². The van der Waals surface area contributed by atoms with Gasteiger partial charge in [0.05, 0.1) is 0 Å². The lowest BCUT2D eigenvalue weighted by Gasteiger charge is -2.20. The maximum absolute atomic E-state index is 13.0. The van der Waals surface area contributed by atoms with Gasteiger partial charge in [-0.15, -0.1) is 11.3 Å². The molecule has 0 unspecified atom stereocenters. The average molecular weight is 429 g/mol. The molecule has 0 saturated heterocycles. The van der Waals surface area contributed by atoms with E-state index in [1.165, 1.54) is 4.88 Å². The van der Waals surface area contributed by atoms with E-state index in [0.717, 1.165) is 18.4 Å².